The summed E-state index contributed by atoms with van der Waals surface area (Å²) in [5.41, 5.74) is 16.7. The number of carbonyl (C=O) groups excluding carboxylic acids is 1. The molecule has 0 radical (unpaired) electrons. The standard InChI is InChI=1S/C27H21Cl2N5O2S/c28-14-5-6-15(17(29)11-14)13-9-20-25(21(35)10-13)24(16(12-30)26(31)32-20)22-7-8-23(36-22)37-27-33-18-3-1-2-4-19(18)34-27/h1-8,11-13,24H,9-10,30H2,(H2,31,32)(H,33,34)/b16-12-. The quantitative estimate of drug-likeness (QED) is 0.274. The first-order chi connectivity index (χ1) is 17.9. The Labute approximate surface area is 226 Å². The van der Waals surface area contributed by atoms with Crippen molar-refractivity contribution in [2.24, 2.45) is 16.5 Å². The summed E-state index contributed by atoms with van der Waals surface area (Å²) in [5.74, 6) is 0.117. The summed E-state index contributed by atoms with van der Waals surface area (Å²) in [6.45, 7) is 0. The second-order valence-corrected chi connectivity index (χ2v) is 10.8. The van der Waals surface area contributed by atoms with Gasteiger partial charge in [0.15, 0.2) is 16.0 Å². The first kappa shape index (κ1) is 23.9. The second kappa shape index (κ2) is 9.45. The molecule has 1 aliphatic heterocycles. The zero-order valence-electron chi connectivity index (χ0n) is 19.4. The normalized spacial score (nSPS) is 21.0. The fraction of sp³-hybridized carbons (Fsp3) is 0.148. The number of furan rings is 1. The van der Waals surface area contributed by atoms with E-state index in [0.717, 1.165) is 16.6 Å². The van der Waals surface area contributed by atoms with E-state index in [-0.39, 0.29) is 24.0 Å². The minimum absolute atomic E-state index is 0.0410. The Morgan fingerprint density at radius 3 is 2.73 bits per heavy atom. The summed E-state index contributed by atoms with van der Waals surface area (Å²) < 4.78 is 6.22. The first-order valence-corrected chi connectivity index (χ1v) is 13.2. The van der Waals surface area contributed by atoms with E-state index < -0.39 is 5.92 Å². The third kappa shape index (κ3) is 4.35. The number of hydrogen-bond donors (Lipinski definition) is 3. The van der Waals surface area contributed by atoms with E-state index in [0.29, 0.717) is 49.3 Å². The molecular weight excluding hydrogens is 529 g/mol. The molecular formula is C27H21Cl2N5O2S. The van der Waals surface area contributed by atoms with Gasteiger partial charge in [-0.2, -0.15) is 0 Å². The second-order valence-electron chi connectivity index (χ2n) is 8.92. The van der Waals surface area contributed by atoms with Crippen LogP contribution in [-0.2, 0) is 4.79 Å². The lowest BCUT2D eigenvalue weighted by molar-refractivity contribution is -0.116. The van der Waals surface area contributed by atoms with Crippen LogP contribution in [0.3, 0.4) is 0 Å². The highest BCUT2D eigenvalue weighted by atomic mass is 35.5. The van der Waals surface area contributed by atoms with Gasteiger partial charge in [0.1, 0.15) is 11.6 Å². The van der Waals surface area contributed by atoms with Crippen LogP contribution in [0.1, 0.15) is 36.0 Å². The van der Waals surface area contributed by atoms with Crippen LogP contribution in [0.2, 0.25) is 10.0 Å². The van der Waals surface area contributed by atoms with Crippen LogP contribution >= 0.6 is 35.0 Å². The number of para-hydroxylation sites is 2. The topological polar surface area (TPSA) is 123 Å². The molecule has 2 aromatic carbocycles. The Morgan fingerprint density at radius 1 is 1.11 bits per heavy atom. The molecule has 1 aliphatic carbocycles. The average Bonchev–Trinajstić information content (AvgIpc) is 3.49. The number of allylic oxidation sites excluding steroid dienone is 2. The lowest BCUT2D eigenvalue weighted by Crippen LogP contribution is -2.32. The maximum absolute atomic E-state index is 13.6. The lowest BCUT2D eigenvalue weighted by atomic mass is 9.74. The molecule has 0 bridgehead atoms. The van der Waals surface area contributed by atoms with Gasteiger partial charge in [-0.15, -0.1) is 0 Å². The highest BCUT2D eigenvalue weighted by molar-refractivity contribution is 7.99. The van der Waals surface area contributed by atoms with Crippen molar-refractivity contribution in [3.8, 4) is 0 Å². The van der Waals surface area contributed by atoms with Gasteiger partial charge in [0.05, 0.1) is 22.6 Å². The lowest BCUT2D eigenvalue weighted by Gasteiger charge is -2.32. The largest absolute Gasteiger partial charge is 0.453 e. The molecule has 0 spiro atoms. The van der Waals surface area contributed by atoms with Crippen LogP contribution in [0.5, 0.6) is 0 Å². The van der Waals surface area contributed by atoms with Crippen LogP contribution in [0.4, 0.5) is 0 Å². The minimum Gasteiger partial charge on any atom is -0.453 e. The molecule has 37 heavy (non-hydrogen) atoms. The molecule has 2 aliphatic rings. The van der Waals surface area contributed by atoms with Gasteiger partial charge in [-0.1, -0.05) is 41.4 Å². The van der Waals surface area contributed by atoms with Crippen LogP contribution in [0.15, 0.2) is 97.3 Å². The van der Waals surface area contributed by atoms with Crippen molar-refractivity contribution in [1.82, 2.24) is 9.97 Å². The molecule has 2 atom stereocenters. The van der Waals surface area contributed by atoms with Gasteiger partial charge in [0, 0.05) is 33.8 Å². The van der Waals surface area contributed by atoms with E-state index in [1.165, 1.54) is 18.0 Å². The van der Waals surface area contributed by atoms with Gasteiger partial charge >= 0.3 is 0 Å². The van der Waals surface area contributed by atoms with Crippen LogP contribution < -0.4 is 11.5 Å². The number of H-pyrrole nitrogens is 1. The Hall–Kier alpha value is -3.46. The van der Waals surface area contributed by atoms with Crippen LogP contribution in [-0.4, -0.2) is 21.6 Å². The van der Waals surface area contributed by atoms with Crippen molar-refractivity contribution in [2.45, 2.75) is 34.9 Å². The van der Waals surface area contributed by atoms with Gasteiger partial charge in [0.2, 0.25) is 0 Å². The number of imidazole rings is 1. The maximum atomic E-state index is 13.6. The molecule has 6 rings (SSSR count). The molecule has 7 nitrogen and oxygen atoms in total. The number of Topliss-reactive ketones (excluding diaryl/α,β-unsaturated/α-hetero) is 1. The molecule has 0 amide bonds. The van der Waals surface area contributed by atoms with Crippen LogP contribution in [0, 0.1) is 0 Å². The molecule has 2 aromatic heterocycles. The number of aromatic nitrogens is 2. The summed E-state index contributed by atoms with van der Waals surface area (Å²) in [4.78, 5) is 26.0. The molecule has 4 aromatic rings. The highest BCUT2D eigenvalue weighted by Gasteiger charge is 2.40. The van der Waals surface area contributed by atoms with Crippen molar-refractivity contribution in [1.29, 1.82) is 0 Å². The molecule has 186 valence electrons. The van der Waals surface area contributed by atoms with Crippen molar-refractivity contribution in [3.05, 3.63) is 99.0 Å². The summed E-state index contributed by atoms with van der Waals surface area (Å²) in [5, 5.41) is 2.41. The van der Waals surface area contributed by atoms with Gasteiger partial charge in [-0.3, -0.25) is 4.79 Å². The number of benzene rings is 2. The SMILES string of the molecule is N/C=C1\C(N)=NC2=C(C(=O)CC(c3ccc(Cl)cc3Cl)C2)C1c1ccc(Sc2nc3ccccc3[nH]2)o1. The van der Waals surface area contributed by atoms with E-state index in [4.69, 9.17) is 39.1 Å². The predicted octanol–water partition coefficient (Wildman–Crippen LogP) is 6.31. The molecule has 0 saturated heterocycles. The molecule has 2 unspecified atom stereocenters. The number of amidine groups is 1. The Kier molecular flexibility index (Phi) is 6.10. The number of hydrogen-bond acceptors (Lipinski definition) is 7. The van der Waals surface area contributed by atoms with Crippen molar-refractivity contribution in [3.63, 3.8) is 0 Å². The third-order valence-corrected chi connectivity index (χ3v) is 8.04. The van der Waals surface area contributed by atoms with Gasteiger partial charge < -0.3 is 20.9 Å². The van der Waals surface area contributed by atoms with E-state index in [1.807, 2.05) is 42.5 Å². The molecule has 0 saturated carbocycles. The fourth-order valence-corrected chi connectivity index (χ4v) is 6.34. The monoisotopic (exact) mass is 549 g/mol. The first-order valence-electron chi connectivity index (χ1n) is 11.6. The van der Waals surface area contributed by atoms with Gasteiger partial charge in [0.25, 0.3) is 0 Å². The number of rotatable bonds is 4. The zero-order chi connectivity index (χ0) is 25.7. The number of fused-ring (bicyclic) bond motifs is 1. The average molecular weight is 550 g/mol. The number of nitrogens with zero attached hydrogens (tertiary/aromatic N) is 2. The van der Waals surface area contributed by atoms with E-state index >= 15 is 0 Å². The predicted molar refractivity (Wildman–Crippen MR) is 146 cm³/mol. The molecule has 5 N–H and O–H groups in total. The summed E-state index contributed by atoms with van der Waals surface area (Å²) in [6.07, 6.45) is 2.20. The number of carbonyl (C=O) groups is 1. The molecule has 3 heterocycles. The van der Waals surface area contributed by atoms with Crippen LogP contribution in [0.25, 0.3) is 11.0 Å². The summed E-state index contributed by atoms with van der Waals surface area (Å²) in [6, 6.07) is 16.8. The van der Waals surface area contributed by atoms with Gasteiger partial charge in [-0.05, 0) is 66.1 Å². The number of nitrogens with one attached hydrogen (secondary N) is 1. The summed E-state index contributed by atoms with van der Waals surface area (Å²) >= 11 is 13.9. The molecule has 0 fully saturated rings. The number of aliphatic imine (C=N–C) groups is 1. The number of halogens is 2. The fourth-order valence-electron chi connectivity index (χ4n) is 5.00. The number of aromatic amines is 1. The minimum atomic E-state index is -0.545. The smallest absolute Gasteiger partial charge is 0.174 e. The Morgan fingerprint density at radius 2 is 1.95 bits per heavy atom. The van der Waals surface area contributed by atoms with Gasteiger partial charge in [-0.25, -0.2) is 9.98 Å². The van der Waals surface area contributed by atoms with E-state index in [2.05, 4.69) is 15.0 Å². The zero-order valence-corrected chi connectivity index (χ0v) is 21.7. The maximum Gasteiger partial charge on any atom is 0.174 e. The number of nitrogens with two attached hydrogens (primary N) is 2. The number of ketones is 1. The van der Waals surface area contributed by atoms with E-state index in [9.17, 15) is 4.79 Å². The molecule has 10 heteroatoms. The van der Waals surface area contributed by atoms with E-state index in [1.54, 1.807) is 12.1 Å². The Bertz CT molecular complexity index is 1620. The highest BCUT2D eigenvalue weighted by Crippen LogP contribution is 2.47. The van der Waals surface area contributed by atoms with Crippen molar-refractivity contribution < 1.29 is 9.21 Å². The summed E-state index contributed by atoms with van der Waals surface area (Å²) in [7, 11) is 0. The third-order valence-electron chi connectivity index (χ3n) is 6.67. The van der Waals surface area contributed by atoms with Crippen molar-refractivity contribution >= 4 is 57.6 Å². The Balaban J connectivity index is 1.34. The van der Waals surface area contributed by atoms with Crippen molar-refractivity contribution in [2.75, 3.05) is 0 Å².